The maximum absolute atomic E-state index is 15.0. The predicted octanol–water partition coefficient (Wildman–Crippen LogP) is 4.89. The van der Waals surface area contributed by atoms with Gasteiger partial charge in [0.15, 0.2) is 0 Å². The third-order valence-electron chi connectivity index (χ3n) is 3.42. The van der Waals surface area contributed by atoms with Crippen molar-refractivity contribution < 1.29 is 4.39 Å². The van der Waals surface area contributed by atoms with Crippen molar-refractivity contribution in [3.05, 3.63) is 82.4 Å². The van der Waals surface area contributed by atoms with E-state index in [0.717, 1.165) is 11.1 Å². The third-order valence-corrected chi connectivity index (χ3v) is 3.93. The van der Waals surface area contributed by atoms with Crippen LogP contribution in [0.1, 0.15) is 23.3 Å². The molecule has 1 atom stereocenters. The molecule has 0 spiro atoms. The zero-order valence-electron chi connectivity index (χ0n) is 11.4. The Bertz CT molecular complexity index is 682. The summed E-state index contributed by atoms with van der Waals surface area (Å²) in [7, 11) is 0. The van der Waals surface area contributed by atoms with Crippen LogP contribution in [0, 0.1) is 0 Å². The summed E-state index contributed by atoms with van der Waals surface area (Å²) in [6.45, 7) is 0. The molecule has 1 heterocycles. The molecule has 0 N–H and O–H groups in total. The molecule has 3 nitrogen and oxygen atoms in total. The highest BCUT2D eigenvalue weighted by atomic mass is 35.5. The van der Waals surface area contributed by atoms with Gasteiger partial charge in [0.1, 0.15) is 12.7 Å². The minimum atomic E-state index is -1.38. The molecule has 3 aromatic rings. The number of benzene rings is 2. The average molecular weight is 336 g/mol. The molecule has 6 heteroatoms. The number of halogens is 3. The van der Waals surface area contributed by atoms with E-state index in [-0.39, 0.29) is 0 Å². The Morgan fingerprint density at radius 1 is 0.864 bits per heavy atom. The first-order valence-corrected chi connectivity index (χ1v) is 7.40. The number of hydrogen-bond acceptors (Lipinski definition) is 2. The van der Waals surface area contributed by atoms with Crippen LogP contribution in [0.2, 0.25) is 10.0 Å². The van der Waals surface area contributed by atoms with Crippen LogP contribution < -0.4 is 0 Å². The van der Waals surface area contributed by atoms with Gasteiger partial charge in [0.2, 0.25) is 6.30 Å². The first-order valence-electron chi connectivity index (χ1n) is 6.64. The molecule has 0 amide bonds. The van der Waals surface area contributed by atoms with Crippen molar-refractivity contribution in [2.45, 2.75) is 12.2 Å². The lowest BCUT2D eigenvalue weighted by Gasteiger charge is -2.22. The fourth-order valence-corrected chi connectivity index (χ4v) is 2.60. The second kappa shape index (κ2) is 6.46. The van der Waals surface area contributed by atoms with Crippen molar-refractivity contribution in [2.75, 3.05) is 0 Å². The van der Waals surface area contributed by atoms with E-state index in [1.807, 2.05) is 24.3 Å². The molecule has 2 aromatic carbocycles. The number of aromatic nitrogens is 3. The van der Waals surface area contributed by atoms with Crippen molar-refractivity contribution in [3.8, 4) is 0 Å². The van der Waals surface area contributed by atoms with Crippen LogP contribution in [0.25, 0.3) is 0 Å². The maximum Gasteiger partial charge on any atom is 0.204 e. The Morgan fingerprint density at radius 2 is 1.36 bits per heavy atom. The van der Waals surface area contributed by atoms with E-state index in [0.29, 0.717) is 10.0 Å². The van der Waals surface area contributed by atoms with Crippen LogP contribution in [0.3, 0.4) is 0 Å². The lowest BCUT2D eigenvalue weighted by Crippen LogP contribution is -2.16. The Hall–Kier alpha value is -1.91. The monoisotopic (exact) mass is 335 g/mol. The van der Waals surface area contributed by atoms with Gasteiger partial charge in [-0.05, 0) is 35.4 Å². The fourth-order valence-electron chi connectivity index (χ4n) is 2.35. The van der Waals surface area contributed by atoms with Crippen LogP contribution in [0.5, 0.6) is 0 Å². The molecule has 0 aliphatic rings. The Kier molecular flexibility index (Phi) is 4.41. The molecule has 0 aliphatic carbocycles. The number of rotatable bonds is 4. The van der Waals surface area contributed by atoms with Crippen molar-refractivity contribution in [1.82, 2.24) is 14.8 Å². The van der Waals surface area contributed by atoms with E-state index in [9.17, 15) is 4.39 Å². The first-order chi connectivity index (χ1) is 10.6. The number of hydrogen-bond donors (Lipinski definition) is 0. The molecule has 112 valence electrons. The van der Waals surface area contributed by atoms with Gasteiger partial charge in [-0.2, -0.15) is 5.10 Å². The second-order valence-electron chi connectivity index (χ2n) is 4.83. The topological polar surface area (TPSA) is 30.7 Å². The summed E-state index contributed by atoms with van der Waals surface area (Å²) in [4.78, 5) is 3.81. The molecule has 0 aliphatic heterocycles. The zero-order valence-corrected chi connectivity index (χ0v) is 12.9. The summed E-state index contributed by atoms with van der Waals surface area (Å²) in [5.74, 6) is -0.531. The van der Waals surface area contributed by atoms with Gasteiger partial charge in [0.05, 0.1) is 5.92 Å². The molecular formula is C16H12Cl2FN3. The Labute approximate surface area is 137 Å². The number of alkyl halides is 1. The molecule has 0 fully saturated rings. The van der Waals surface area contributed by atoms with Gasteiger partial charge in [0, 0.05) is 10.0 Å². The van der Waals surface area contributed by atoms with Crippen LogP contribution in [-0.2, 0) is 0 Å². The maximum atomic E-state index is 15.0. The normalized spacial score (nSPS) is 12.5. The molecule has 0 radical (unpaired) electrons. The van der Waals surface area contributed by atoms with Crippen molar-refractivity contribution in [2.24, 2.45) is 0 Å². The molecule has 0 saturated heterocycles. The summed E-state index contributed by atoms with van der Waals surface area (Å²) in [6.07, 6.45) is 1.29. The standard InChI is InChI=1S/C16H12Cl2FN3/c17-13-5-1-11(2-6-13)15(12-3-7-14(18)8-4-12)16(19)22-10-20-9-21-22/h1-10,15-16H. The minimum Gasteiger partial charge on any atom is -0.223 e. The molecular weight excluding hydrogens is 324 g/mol. The smallest absolute Gasteiger partial charge is 0.204 e. The van der Waals surface area contributed by atoms with Gasteiger partial charge in [0.25, 0.3) is 0 Å². The highest BCUT2D eigenvalue weighted by Gasteiger charge is 2.27. The van der Waals surface area contributed by atoms with E-state index in [4.69, 9.17) is 23.2 Å². The molecule has 0 saturated carbocycles. The van der Waals surface area contributed by atoms with Crippen molar-refractivity contribution in [3.63, 3.8) is 0 Å². The van der Waals surface area contributed by atoms with Gasteiger partial charge in [-0.3, -0.25) is 0 Å². The lowest BCUT2D eigenvalue weighted by atomic mass is 9.90. The summed E-state index contributed by atoms with van der Waals surface area (Å²) in [6, 6.07) is 14.2. The summed E-state index contributed by atoms with van der Waals surface area (Å²) in [5.41, 5.74) is 1.60. The molecule has 22 heavy (non-hydrogen) atoms. The van der Waals surface area contributed by atoms with Gasteiger partial charge < -0.3 is 0 Å². The SMILES string of the molecule is FC(C(c1ccc(Cl)cc1)c1ccc(Cl)cc1)n1cncn1. The van der Waals surface area contributed by atoms with Crippen LogP contribution >= 0.6 is 23.2 Å². The van der Waals surface area contributed by atoms with Crippen LogP contribution in [-0.4, -0.2) is 14.8 Å². The second-order valence-corrected chi connectivity index (χ2v) is 5.70. The van der Waals surface area contributed by atoms with E-state index in [1.165, 1.54) is 17.3 Å². The van der Waals surface area contributed by atoms with E-state index in [2.05, 4.69) is 10.1 Å². The largest absolute Gasteiger partial charge is 0.223 e. The molecule has 1 aromatic heterocycles. The van der Waals surface area contributed by atoms with Crippen molar-refractivity contribution >= 4 is 23.2 Å². The van der Waals surface area contributed by atoms with Crippen LogP contribution in [0.15, 0.2) is 61.2 Å². The molecule has 0 bridgehead atoms. The van der Waals surface area contributed by atoms with Gasteiger partial charge in [-0.1, -0.05) is 47.5 Å². The zero-order chi connectivity index (χ0) is 15.5. The molecule has 1 unspecified atom stereocenters. The van der Waals surface area contributed by atoms with E-state index >= 15 is 0 Å². The van der Waals surface area contributed by atoms with Gasteiger partial charge in [-0.15, -0.1) is 0 Å². The highest BCUT2D eigenvalue weighted by Crippen LogP contribution is 2.36. The summed E-state index contributed by atoms with van der Waals surface area (Å²) >= 11 is 11.8. The van der Waals surface area contributed by atoms with E-state index < -0.39 is 12.2 Å². The predicted molar refractivity (Wildman–Crippen MR) is 84.9 cm³/mol. The van der Waals surface area contributed by atoms with E-state index in [1.54, 1.807) is 24.3 Å². The average Bonchev–Trinajstić information content (AvgIpc) is 3.05. The summed E-state index contributed by atoms with van der Waals surface area (Å²) in [5, 5.41) is 5.11. The minimum absolute atomic E-state index is 0.531. The molecule has 3 rings (SSSR count). The Balaban J connectivity index is 2.05. The highest BCUT2D eigenvalue weighted by molar-refractivity contribution is 6.30. The van der Waals surface area contributed by atoms with Crippen LogP contribution in [0.4, 0.5) is 4.39 Å². The third kappa shape index (κ3) is 3.13. The lowest BCUT2D eigenvalue weighted by molar-refractivity contribution is 0.194. The quantitative estimate of drug-likeness (QED) is 0.679. The summed E-state index contributed by atoms with van der Waals surface area (Å²) < 4.78 is 16.2. The van der Waals surface area contributed by atoms with Crippen molar-refractivity contribution in [1.29, 1.82) is 0 Å². The Morgan fingerprint density at radius 3 is 1.77 bits per heavy atom. The fraction of sp³-hybridized carbons (Fsp3) is 0.125. The first kappa shape index (κ1) is 15.0. The van der Waals surface area contributed by atoms with Gasteiger partial charge in [-0.25, -0.2) is 14.1 Å². The number of nitrogens with zero attached hydrogens (tertiary/aromatic N) is 3. The van der Waals surface area contributed by atoms with Gasteiger partial charge >= 0.3 is 0 Å².